The lowest BCUT2D eigenvalue weighted by atomic mass is 10.1. The van der Waals surface area contributed by atoms with Crippen molar-refractivity contribution in [3.05, 3.63) is 28.1 Å². The first-order chi connectivity index (χ1) is 9.11. The van der Waals surface area contributed by atoms with Crippen molar-refractivity contribution in [2.24, 2.45) is 0 Å². The third-order valence-corrected chi connectivity index (χ3v) is 3.30. The van der Waals surface area contributed by atoms with Crippen molar-refractivity contribution < 1.29 is 9.72 Å². The number of hydrogen-bond donors (Lipinski definition) is 2. The van der Waals surface area contributed by atoms with Gasteiger partial charge in [0, 0.05) is 25.2 Å². The lowest BCUT2D eigenvalue weighted by Gasteiger charge is -2.23. The van der Waals surface area contributed by atoms with Crippen LogP contribution >= 0.6 is 0 Å². The van der Waals surface area contributed by atoms with E-state index in [4.69, 9.17) is 0 Å². The Kier molecular flexibility index (Phi) is 4.16. The number of nitrogens with zero attached hydrogens (tertiary/aromatic N) is 2. The quantitative estimate of drug-likeness (QED) is 0.626. The van der Waals surface area contributed by atoms with Crippen LogP contribution in [0.25, 0.3) is 0 Å². The number of amides is 1. The molecule has 1 aliphatic rings. The van der Waals surface area contributed by atoms with Gasteiger partial charge in [0.1, 0.15) is 5.69 Å². The number of aromatic nitrogens is 1. The molecule has 1 saturated heterocycles. The molecule has 1 fully saturated rings. The molecule has 7 heteroatoms. The highest BCUT2D eigenvalue weighted by atomic mass is 16.6. The Morgan fingerprint density at radius 3 is 3.05 bits per heavy atom. The standard InChI is InChI=1S/C12H18N4O3/c1-2-15-8-10(16(18)19)6-11(15)12(17)14-9-4-3-5-13-7-9/h6,8-9,13H,2-5,7H2,1H3,(H,14,17)/t9-/m0/s1. The lowest BCUT2D eigenvalue weighted by molar-refractivity contribution is -0.384. The maximum Gasteiger partial charge on any atom is 0.287 e. The van der Waals surface area contributed by atoms with E-state index in [2.05, 4.69) is 10.6 Å². The van der Waals surface area contributed by atoms with Gasteiger partial charge in [0.25, 0.3) is 11.6 Å². The molecule has 19 heavy (non-hydrogen) atoms. The van der Waals surface area contributed by atoms with Gasteiger partial charge in [-0.1, -0.05) is 0 Å². The first kappa shape index (κ1) is 13.5. The molecule has 7 nitrogen and oxygen atoms in total. The van der Waals surface area contributed by atoms with Crippen LogP contribution in [0.4, 0.5) is 5.69 Å². The summed E-state index contributed by atoms with van der Waals surface area (Å²) in [5, 5.41) is 16.9. The van der Waals surface area contributed by atoms with Gasteiger partial charge in [0.05, 0.1) is 11.1 Å². The van der Waals surface area contributed by atoms with Crippen LogP contribution in [0.3, 0.4) is 0 Å². The van der Waals surface area contributed by atoms with Crippen molar-refractivity contribution in [2.75, 3.05) is 13.1 Å². The van der Waals surface area contributed by atoms with Crippen LogP contribution in [-0.2, 0) is 6.54 Å². The minimum atomic E-state index is -0.481. The highest BCUT2D eigenvalue weighted by Gasteiger charge is 2.21. The Balaban J connectivity index is 2.11. The van der Waals surface area contributed by atoms with E-state index in [-0.39, 0.29) is 17.6 Å². The van der Waals surface area contributed by atoms with Crippen molar-refractivity contribution >= 4 is 11.6 Å². The van der Waals surface area contributed by atoms with Crippen molar-refractivity contribution in [3.8, 4) is 0 Å². The van der Waals surface area contributed by atoms with Gasteiger partial charge >= 0.3 is 0 Å². The largest absolute Gasteiger partial charge is 0.347 e. The molecule has 0 aromatic carbocycles. The molecule has 1 amide bonds. The van der Waals surface area contributed by atoms with E-state index in [0.29, 0.717) is 12.2 Å². The summed E-state index contributed by atoms with van der Waals surface area (Å²) in [6.45, 7) is 4.10. The summed E-state index contributed by atoms with van der Waals surface area (Å²) in [6, 6.07) is 1.43. The van der Waals surface area contributed by atoms with Gasteiger partial charge in [-0.3, -0.25) is 14.9 Å². The third-order valence-electron chi connectivity index (χ3n) is 3.30. The predicted molar refractivity (Wildman–Crippen MR) is 70.1 cm³/mol. The van der Waals surface area contributed by atoms with Gasteiger partial charge in [0.15, 0.2) is 0 Å². The Morgan fingerprint density at radius 1 is 1.68 bits per heavy atom. The summed E-state index contributed by atoms with van der Waals surface area (Å²) in [5.41, 5.74) is 0.300. The molecule has 0 aliphatic carbocycles. The number of nitro groups is 1. The number of carbonyl (C=O) groups excluding carboxylic acids is 1. The molecule has 1 aromatic rings. The van der Waals surface area contributed by atoms with Crippen molar-refractivity contribution in [1.29, 1.82) is 0 Å². The molecule has 2 heterocycles. The van der Waals surface area contributed by atoms with Crippen molar-refractivity contribution in [1.82, 2.24) is 15.2 Å². The molecule has 1 aromatic heterocycles. The van der Waals surface area contributed by atoms with E-state index in [9.17, 15) is 14.9 Å². The number of carbonyl (C=O) groups is 1. The number of rotatable bonds is 4. The van der Waals surface area contributed by atoms with Gasteiger partial charge in [0.2, 0.25) is 0 Å². The first-order valence-corrected chi connectivity index (χ1v) is 6.48. The number of nitrogens with one attached hydrogen (secondary N) is 2. The number of aryl methyl sites for hydroxylation is 1. The van der Waals surface area contributed by atoms with Crippen molar-refractivity contribution in [3.63, 3.8) is 0 Å². The zero-order valence-electron chi connectivity index (χ0n) is 10.9. The predicted octanol–water partition coefficient (Wildman–Crippen LogP) is 0.898. The maximum absolute atomic E-state index is 12.1. The van der Waals surface area contributed by atoms with E-state index in [1.54, 1.807) is 4.57 Å². The monoisotopic (exact) mass is 266 g/mol. The molecule has 104 valence electrons. The van der Waals surface area contributed by atoms with Gasteiger partial charge in [-0.15, -0.1) is 0 Å². The summed E-state index contributed by atoms with van der Waals surface area (Å²) < 4.78 is 1.60. The molecule has 0 saturated carbocycles. The fraction of sp³-hybridized carbons (Fsp3) is 0.583. The molecular weight excluding hydrogens is 248 g/mol. The van der Waals surface area contributed by atoms with E-state index in [1.165, 1.54) is 12.3 Å². The third kappa shape index (κ3) is 3.11. The lowest BCUT2D eigenvalue weighted by Crippen LogP contribution is -2.46. The van der Waals surface area contributed by atoms with Crippen LogP contribution in [0, 0.1) is 10.1 Å². The van der Waals surface area contributed by atoms with Crippen LogP contribution < -0.4 is 10.6 Å². The molecule has 2 N–H and O–H groups in total. The minimum Gasteiger partial charge on any atom is -0.347 e. The van der Waals surface area contributed by atoms with E-state index < -0.39 is 4.92 Å². The summed E-state index contributed by atoms with van der Waals surface area (Å²) in [4.78, 5) is 22.4. The highest BCUT2D eigenvalue weighted by molar-refractivity contribution is 5.93. The van der Waals surface area contributed by atoms with Gasteiger partial charge in [-0.2, -0.15) is 0 Å². The number of hydrogen-bond acceptors (Lipinski definition) is 4. The average molecular weight is 266 g/mol. The molecule has 2 rings (SSSR count). The van der Waals surface area contributed by atoms with Crippen molar-refractivity contribution in [2.45, 2.75) is 32.4 Å². The average Bonchev–Trinajstić information content (AvgIpc) is 2.84. The second-order valence-corrected chi connectivity index (χ2v) is 4.64. The fourth-order valence-electron chi connectivity index (χ4n) is 2.28. The molecule has 0 bridgehead atoms. The molecule has 0 unspecified atom stereocenters. The Bertz CT molecular complexity index is 477. The first-order valence-electron chi connectivity index (χ1n) is 6.48. The van der Waals surface area contributed by atoms with Crippen LogP contribution in [0.1, 0.15) is 30.3 Å². The van der Waals surface area contributed by atoms with E-state index in [1.807, 2.05) is 6.92 Å². The molecule has 1 atom stereocenters. The Hall–Kier alpha value is -1.89. The Morgan fingerprint density at radius 2 is 2.47 bits per heavy atom. The van der Waals surface area contributed by atoms with E-state index >= 15 is 0 Å². The molecule has 1 aliphatic heterocycles. The Labute approximate surface area is 111 Å². The zero-order valence-corrected chi connectivity index (χ0v) is 10.9. The SMILES string of the molecule is CCn1cc([N+](=O)[O-])cc1C(=O)N[C@H]1CCCNC1. The van der Waals surface area contributed by atoms with Gasteiger partial charge < -0.3 is 15.2 Å². The second-order valence-electron chi connectivity index (χ2n) is 4.64. The summed E-state index contributed by atoms with van der Waals surface area (Å²) in [7, 11) is 0. The summed E-state index contributed by atoms with van der Waals surface area (Å²) in [6.07, 6.45) is 3.36. The van der Waals surface area contributed by atoms with Crippen LogP contribution in [0.2, 0.25) is 0 Å². The van der Waals surface area contributed by atoms with E-state index in [0.717, 1.165) is 25.9 Å². The smallest absolute Gasteiger partial charge is 0.287 e. The minimum absolute atomic E-state index is 0.0474. The molecule has 0 radical (unpaired) electrons. The zero-order chi connectivity index (χ0) is 13.8. The highest BCUT2D eigenvalue weighted by Crippen LogP contribution is 2.16. The van der Waals surface area contributed by atoms with Crippen LogP contribution in [0.5, 0.6) is 0 Å². The molecular formula is C12H18N4O3. The fourth-order valence-corrected chi connectivity index (χ4v) is 2.28. The summed E-state index contributed by atoms with van der Waals surface area (Å²) in [5.74, 6) is -0.247. The summed E-state index contributed by atoms with van der Waals surface area (Å²) >= 11 is 0. The molecule has 0 spiro atoms. The second kappa shape index (κ2) is 5.83. The normalized spacial score (nSPS) is 19.1. The van der Waals surface area contributed by atoms with Crippen LogP contribution in [0.15, 0.2) is 12.3 Å². The maximum atomic E-state index is 12.1. The van der Waals surface area contributed by atoms with Crippen LogP contribution in [-0.4, -0.2) is 34.5 Å². The van der Waals surface area contributed by atoms with Gasteiger partial charge in [-0.25, -0.2) is 0 Å². The number of piperidine rings is 1. The topological polar surface area (TPSA) is 89.2 Å². The van der Waals surface area contributed by atoms with Gasteiger partial charge in [-0.05, 0) is 26.3 Å².